The minimum Gasteiger partial charge on any atom is -0.497 e. The molecule has 2 N–H and O–H groups in total. The second-order valence-corrected chi connectivity index (χ2v) is 6.42. The van der Waals surface area contributed by atoms with Gasteiger partial charge in [-0.2, -0.15) is 11.3 Å². The molecule has 1 aromatic heterocycles. The molecule has 0 aliphatic rings. The fourth-order valence-electron chi connectivity index (χ4n) is 1.97. The van der Waals surface area contributed by atoms with Crippen LogP contribution in [-0.2, 0) is 17.9 Å². The second kappa shape index (κ2) is 9.68. The topological polar surface area (TPSA) is 66.0 Å². The van der Waals surface area contributed by atoms with Gasteiger partial charge in [-0.3, -0.25) is 4.79 Å². The number of thiophene rings is 1. The molecule has 2 rings (SSSR count). The molecule has 0 atom stereocenters. The third-order valence-corrected chi connectivity index (χ3v) is 4.26. The van der Waals surface area contributed by atoms with Gasteiger partial charge in [-0.25, -0.2) is 4.99 Å². The van der Waals surface area contributed by atoms with Crippen LogP contribution in [0.15, 0.2) is 46.1 Å². The van der Waals surface area contributed by atoms with Crippen molar-refractivity contribution in [2.75, 3.05) is 27.7 Å². The molecule has 6 nitrogen and oxygen atoms in total. The van der Waals surface area contributed by atoms with Crippen molar-refractivity contribution in [3.05, 3.63) is 52.2 Å². The Labute approximate surface area is 152 Å². The maximum Gasteiger partial charge on any atom is 0.241 e. The zero-order valence-corrected chi connectivity index (χ0v) is 15.6. The van der Waals surface area contributed by atoms with E-state index < -0.39 is 0 Å². The molecule has 0 aliphatic heterocycles. The Morgan fingerprint density at radius 1 is 1.16 bits per heavy atom. The minimum absolute atomic E-state index is 0.00511. The SMILES string of the molecule is COc1ccc(CNC(=NCc2ccsc2)NCC(=O)N(C)C)cc1. The van der Waals surface area contributed by atoms with Gasteiger partial charge in [-0.1, -0.05) is 12.1 Å². The van der Waals surface area contributed by atoms with E-state index in [1.807, 2.05) is 35.7 Å². The van der Waals surface area contributed by atoms with Crippen molar-refractivity contribution in [2.24, 2.45) is 4.99 Å². The molecule has 134 valence electrons. The monoisotopic (exact) mass is 360 g/mol. The zero-order valence-electron chi connectivity index (χ0n) is 14.8. The first kappa shape index (κ1) is 18.8. The summed E-state index contributed by atoms with van der Waals surface area (Å²) in [7, 11) is 5.11. The van der Waals surface area contributed by atoms with Crippen LogP contribution in [-0.4, -0.2) is 44.5 Å². The summed E-state index contributed by atoms with van der Waals surface area (Å²) in [5.41, 5.74) is 2.25. The molecule has 0 saturated heterocycles. The van der Waals surface area contributed by atoms with Gasteiger partial charge in [0, 0.05) is 20.6 Å². The number of nitrogens with one attached hydrogen (secondary N) is 2. The number of amides is 1. The van der Waals surface area contributed by atoms with Crippen LogP contribution in [0.25, 0.3) is 0 Å². The first-order valence-electron chi connectivity index (χ1n) is 7.95. The van der Waals surface area contributed by atoms with Crippen LogP contribution < -0.4 is 15.4 Å². The van der Waals surface area contributed by atoms with E-state index >= 15 is 0 Å². The fraction of sp³-hybridized carbons (Fsp3) is 0.333. The number of nitrogens with zero attached hydrogens (tertiary/aromatic N) is 2. The predicted octanol–water partition coefficient (Wildman–Crippen LogP) is 2.08. The van der Waals surface area contributed by atoms with Crippen LogP contribution in [0.4, 0.5) is 0 Å². The van der Waals surface area contributed by atoms with E-state index in [4.69, 9.17) is 4.74 Å². The number of likely N-dealkylation sites (N-methyl/N-ethyl adjacent to an activating group) is 1. The molecule has 0 aliphatic carbocycles. The molecule has 1 heterocycles. The van der Waals surface area contributed by atoms with Gasteiger partial charge in [0.25, 0.3) is 0 Å². The number of hydrogen-bond donors (Lipinski definition) is 2. The van der Waals surface area contributed by atoms with Crippen molar-refractivity contribution in [3.8, 4) is 5.75 Å². The standard InChI is InChI=1S/C18H24N4O2S/c1-22(2)17(23)12-21-18(20-11-15-8-9-25-13-15)19-10-14-4-6-16(24-3)7-5-14/h4-9,13H,10-12H2,1-3H3,(H2,19,20,21). The van der Waals surface area contributed by atoms with Crippen LogP contribution in [0.5, 0.6) is 5.75 Å². The van der Waals surface area contributed by atoms with E-state index in [0.29, 0.717) is 19.0 Å². The first-order valence-corrected chi connectivity index (χ1v) is 8.89. The van der Waals surface area contributed by atoms with E-state index in [-0.39, 0.29) is 12.5 Å². The van der Waals surface area contributed by atoms with Crippen molar-refractivity contribution in [1.29, 1.82) is 0 Å². The third kappa shape index (κ3) is 6.46. The Kier molecular flexibility index (Phi) is 7.28. The number of guanidine groups is 1. The van der Waals surface area contributed by atoms with E-state index in [1.54, 1.807) is 37.4 Å². The summed E-state index contributed by atoms with van der Waals surface area (Å²) in [6, 6.07) is 9.87. The largest absolute Gasteiger partial charge is 0.497 e. The Morgan fingerprint density at radius 3 is 2.52 bits per heavy atom. The molecule has 1 amide bonds. The number of benzene rings is 1. The summed E-state index contributed by atoms with van der Waals surface area (Å²) in [5.74, 6) is 1.43. The van der Waals surface area contributed by atoms with Gasteiger partial charge in [0.15, 0.2) is 5.96 Å². The average Bonchev–Trinajstić information content (AvgIpc) is 3.14. The van der Waals surface area contributed by atoms with Crippen LogP contribution in [0, 0.1) is 0 Å². The molecule has 7 heteroatoms. The lowest BCUT2D eigenvalue weighted by Crippen LogP contribution is -2.42. The van der Waals surface area contributed by atoms with Gasteiger partial charge < -0.3 is 20.3 Å². The maximum absolute atomic E-state index is 11.8. The second-order valence-electron chi connectivity index (χ2n) is 5.64. The highest BCUT2D eigenvalue weighted by molar-refractivity contribution is 7.07. The van der Waals surface area contributed by atoms with Crippen molar-refractivity contribution in [2.45, 2.75) is 13.1 Å². The van der Waals surface area contributed by atoms with Gasteiger partial charge in [-0.05, 0) is 40.1 Å². The van der Waals surface area contributed by atoms with Gasteiger partial charge in [0.2, 0.25) is 5.91 Å². The lowest BCUT2D eigenvalue weighted by atomic mass is 10.2. The van der Waals surface area contributed by atoms with Gasteiger partial charge in [-0.15, -0.1) is 0 Å². The summed E-state index contributed by atoms with van der Waals surface area (Å²) in [4.78, 5) is 17.9. The Balaban J connectivity index is 1.96. The van der Waals surface area contributed by atoms with E-state index in [1.165, 1.54) is 0 Å². The summed E-state index contributed by atoms with van der Waals surface area (Å²) in [6.45, 7) is 1.37. The summed E-state index contributed by atoms with van der Waals surface area (Å²) in [6.07, 6.45) is 0. The highest BCUT2D eigenvalue weighted by Gasteiger charge is 2.06. The molecule has 0 saturated carbocycles. The first-order chi connectivity index (χ1) is 12.1. The molecule has 1 aromatic carbocycles. The molecular weight excluding hydrogens is 336 g/mol. The van der Waals surface area contributed by atoms with E-state index in [0.717, 1.165) is 16.9 Å². The van der Waals surface area contributed by atoms with Crippen LogP contribution >= 0.6 is 11.3 Å². The van der Waals surface area contributed by atoms with Gasteiger partial charge in [0.1, 0.15) is 5.75 Å². The predicted molar refractivity (Wildman–Crippen MR) is 102 cm³/mol. The summed E-state index contributed by atoms with van der Waals surface area (Å²) in [5, 5.41) is 10.4. The van der Waals surface area contributed by atoms with Crippen molar-refractivity contribution >= 4 is 23.2 Å². The molecular formula is C18H24N4O2S. The molecule has 0 radical (unpaired) electrons. The maximum atomic E-state index is 11.8. The number of rotatable bonds is 7. The quantitative estimate of drug-likeness (QED) is 0.586. The molecule has 0 fully saturated rings. The molecule has 0 bridgehead atoms. The van der Waals surface area contributed by atoms with E-state index in [2.05, 4.69) is 21.0 Å². The van der Waals surface area contributed by atoms with Gasteiger partial charge >= 0.3 is 0 Å². The Bertz CT molecular complexity index is 682. The smallest absolute Gasteiger partial charge is 0.241 e. The lowest BCUT2D eigenvalue weighted by Gasteiger charge is -2.15. The number of carbonyl (C=O) groups excluding carboxylic acids is 1. The number of carbonyl (C=O) groups is 1. The van der Waals surface area contributed by atoms with Crippen molar-refractivity contribution in [1.82, 2.24) is 15.5 Å². The Hall–Kier alpha value is -2.54. The number of hydrogen-bond acceptors (Lipinski definition) is 4. The van der Waals surface area contributed by atoms with Gasteiger partial charge in [0.05, 0.1) is 20.2 Å². The van der Waals surface area contributed by atoms with Crippen LogP contribution in [0.2, 0.25) is 0 Å². The number of aliphatic imine (C=N–C) groups is 1. The van der Waals surface area contributed by atoms with Crippen molar-refractivity contribution < 1.29 is 9.53 Å². The zero-order chi connectivity index (χ0) is 18.1. The highest BCUT2D eigenvalue weighted by atomic mass is 32.1. The summed E-state index contributed by atoms with van der Waals surface area (Å²) >= 11 is 1.64. The number of methoxy groups -OCH3 is 1. The highest BCUT2D eigenvalue weighted by Crippen LogP contribution is 2.11. The average molecular weight is 360 g/mol. The summed E-state index contributed by atoms with van der Waals surface area (Å²) < 4.78 is 5.16. The molecule has 25 heavy (non-hydrogen) atoms. The minimum atomic E-state index is -0.00511. The Morgan fingerprint density at radius 2 is 1.92 bits per heavy atom. The number of ether oxygens (including phenoxy) is 1. The molecule has 2 aromatic rings. The van der Waals surface area contributed by atoms with Crippen molar-refractivity contribution in [3.63, 3.8) is 0 Å². The molecule has 0 spiro atoms. The van der Waals surface area contributed by atoms with Crippen LogP contribution in [0.1, 0.15) is 11.1 Å². The third-order valence-electron chi connectivity index (χ3n) is 3.52. The molecule has 0 unspecified atom stereocenters. The normalized spacial score (nSPS) is 11.1. The van der Waals surface area contributed by atoms with E-state index in [9.17, 15) is 4.79 Å². The fourth-order valence-corrected chi connectivity index (χ4v) is 2.63. The lowest BCUT2D eigenvalue weighted by molar-refractivity contribution is -0.127. The van der Waals surface area contributed by atoms with Crippen LogP contribution in [0.3, 0.4) is 0 Å².